The number of hydrogen-bond donors (Lipinski definition) is 0. The molecule has 0 saturated heterocycles. The van der Waals surface area contributed by atoms with Crippen molar-refractivity contribution in [2.45, 2.75) is 112 Å². The zero-order chi connectivity index (χ0) is 31.7. The highest BCUT2D eigenvalue weighted by Crippen LogP contribution is 2.48. The van der Waals surface area contributed by atoms with Crippen LogP contribution in [0, 0.1) is 0 Å². The molecule has 234 valence electrons. The first kappa shape index (κ1) is 37.3. The van der Waals surface area contributed by atoms with Crippen LogP contribution in [-0.2, 0) is 4.79 Å². The van der Waals surface area contributed by atoms with Gasteiger partial charge in [0.15, 0.2) is 0 Å². The Morgan fingerprint density at radius 1 is 0.410 bits per heavy atom. The number of ketones is 1. The molecule has 0 aliphatic carbocycles. The molecule has 0 aliphatic heterocycles. The van der Waals surface area contributed by atoms with Gasteiger partial charge in [0, 0.05) is 0 Å². The predicted molar refractivity (Wildman–Crippen MR) is 93.2 cm³/mol. The van der Waals surface area contributed by atoms with Gasteiger partial charge in [-0.05, 0) is 6.92 Å². The topological polar surface area (TPSA) is 17.1 Å². The first-order valence-electron chi connectivity index (χ1n) is 10.2. The van der Waals surface area contributed by atoms with E-state index in [0.29, 0.717) is 0 Å². The number of alkyl halides is 19. The maximum absolute atomic E-state index is 13.7. The fraction of sp³-hybridized carbons (Fsp3) is 0.947. The van der Waals surface area contributed by atoms with Crippen LogP contribution < -0.4 is 0 Å². The zero-order valence-corrected chi connectivity index (χ0v) is 19.2. The van der Waals surface area contributed by atoms with Gasteiger partial charge in [-0.25, -0.2) is 61.5 Å². The van der Waals surface area contributed by atoms with Crippen LogP contribution >= 0.6 is 0 Å². The van der Waals surface area contributed by atoms with Crippen molar-refractivity contribution < 1.29 is 88.2 Å². The zero-order valence-electron chi connectivity index (χ0n) is 19.2. The second-order valence-electron chi connectivity index (χ2n) is 9.36. The molecular weight excluding hydrogens is 605 g/mol. The summed E-state index contributed by atoms with van der Waals surface area (Å²) in [6.45, 7) is -0.102. The predicted octanol–water partition coefficient (Wildman–Crippen LogP) is 9.34. The number of rotatable bonds is 16. The van der Waals surface area contributed by atoms with Gasteiger partial charge in [-0.2, -0.15) is 22.0 Å². The van der Waals surface area contributed by atoms with Crippen LogP contribution in [0.15, 0.2) is 0 Å². The van der Waals surface area contributed by atoms with Crippen molar-refractivity contribution in [2.75, 3.05) is 0 Å². The molecule has 0 aliphatic rings. The lowest BCUT2D eigenvalue weighted by Crippen LogP contribution is -2.44. The van der Waals surface area contributed by atoms with Gasteiger partial charge in [-0.15, -0.1) is 0 Å². The molecule has 0 fully saturated rings. The standard InChI is InChI=1S/C19H19F19O/c1-11(20,21)4-14(26,27)7-15(28,29)5-12(22,23)2-10(39)3-13(24,25)6-16(30,31)8-17(32,33)9-18(34,35)19(36,37)38/h2-9H2,1H3. The molecule has 0 unspecified atom stereocenters. The van der Waals surface area contributed by atoms with Gasteiger partial charge in [0.25, 0.3) is 41.5 Å². The number of halogens is 19. The third-order valence-electron chi connectivity index (χ3n) is 4.45. The van der Waals surface area contributed by atoms with Crippen molar-refractivity contribution in [3.05, 3.63) is 0 Å². The van der Waals surface area contributed by atoms with Crippen molar-refractivity contribution >= 4 is 5.78 Å². The molecule has 0 atom stereocenters. The van der Waals surface area contributed by atoms with E-state index in [2.05, 4.69) is 0 Å². The first-order valence-corrected chi connectivity index (χ1v) is 10.2. The molecule has 0 rings (SSSR count). The molecule has 39 heavy (non-hydrogen) atoms. The first-order chi connectivity index (χ1) is 16.6. The lowest BCUT2D eigenvalue weighted by molar-refractivity contribution is -0.304. The van der Waals surface area contributed by atoms with Crippen LogP contribution in [0.2, 0.25) is 0 Å². The lowest BCUT2D eigenvalue weighted by atomic mass is 9.93. The minimum atomic E-state index is -6.62. The highest BCUT2D eigenvalue weighted by atomic mass is 19.4. The Labute approximate surface area is 207 Å². The summed E-state index contributed by atoms with van der Waals surface area (Å²) in [5.74, 6) is -44.3. The van der Waals surface area contributed by atoms with Gasteiger partial charge in [0.05, 0.1) is 51.4 Å². The smallest absolute Gasteiger partial charge is 0.299 e. The Kier molecular flexibility index (Phi) is 10.8. The van der Waals surface area contributed by atoms with Crippen molar-refractivity contribution in [1.29, 1.82) is 0 Å². The van der Waals surface area contributed by atoms with E-state index >= 15 is 0 Å². The van der Waals surface area contributed by atoms with Crippen molar-refractivity contribution in [1.82, 2.24) is 0 Å². The summed E-state index contributed by atoms with van der Waals surface area (Å²) in [6, 6.07) is 0. The Bertz CT molecular complexity index is 822. The van der Waals surface area contributed by atoms with Gasteiger partial charge in [-0.1, -0.05) is 0 Å². The Hall–Kier alpha value is -1.66. The molecule has 0 heterocycles. The van der Waals surface area contributed by atoms with E-state index in [1.807, 2.05) is 0 Å². The maximum atomic E-state index is 13.7. The third-order valence-corrected chi connectivity index (χ3v) is 4.45. The number of carbonyl (C=O) groups is 1. The van der Waals surface area contributed by atoms with Crippen molar-refractivity contribution in [3.8, 4) is 0 Å². The van der Waals surface area contributed by atoms with Crippen LogP contribution in [0.4, 0.5) is 83.4 Å². The van der Waals surface area contributed by atoms with Gasteiger partial charge < -0.3 is 0 Å². The average molecular weight is 624 g/mol. The van der Waals surface area contributed by atoms with E-state index in [-0.39, 0.29) is 6.92 Å². The van der Waals surface area contributed by atoms with Crippen LogP contribution in [-0.4, -0.2) is 59.3 Å². The van der Waals surface area contributed by atoms with Crippen LogP contribution in [0.1, 0.15) is 58.3 Å². The van der Waals surface area contributed by atoms with Crippen LogP contribution in [0.5, 0.6) is 0 Å². The largest absolute Gasteiger partial charge is 0.453 e. The van der Waals surface area contributed by atoms with E-state index in [4.69, 9.17) is 0 Å². The molecule has 0 radical (unpaired) electrons. The molecule has 20 heteroatoms. The van der Waals surface area contributed by atoms with Gasteiger partial charge in [0.2, 0.25) is 0 Å². The molecular formula is C19H19F19O. The molecule has 0 bridgehead atoms. The molecule has 0 aromatic carbocycles. The minimum absolute atomic E-state index is 0.102. The third kappa shape index (κ3) is 15.1. The summed E-state index contributed by atoms with van der Waals surface area (Å²) in [5.41, 5.74) is 0. The Morgan fingerprint density at radius 3 is 0.949 bits per heavy atom. The maximum Gasteiger partial charge on any atom is 0.453 e. The van der Waals surface area contributed by atoms with E-state index in [1.54, 1.807) is 0 Å². The summed E-state index contributed by atoms with van der Waals surface area (Å²) in [5, 5.41) is 0. The van der Waals surface area contributed by atoms with Gasteiger partial charge >= 0.3 is 12.1 Å². The van der Waals surface area contributed by atoms with Crippen LogP contribution in [0.25, 0.3) is 0 Å². The Balaban J connectivity index is 5.28. The van der Waals surface area contributed by atoms with Gasteiger partial charge in [-0.3, -0.25) is 4.79 Å². The number of hydrogen-bond acceptors (Lipinski definition) is 1. The van der Waals surface area contributed by atoms with E-state index < -0.39 is 111 Å². The summed E-state index contributed by atoms with van der Waals surface area (Å²) >= 11 is 0. The summed E-state index contributed by atoms with van der Waals surface area (Å²) < 4.78 is 249. The SMILES string of the molecule is CC(F)(F)CC(F)(F)CC(F)(F)CC(F)(F)CC(=O)CC(F)(F)CC(F)(F)CC(F)(F)CC(F)(F)C(F)(F)F. The molecule has 0 aromatic rings. The fourth-order valence-corrected chi connectivity index (χ4v) is 3.41. The number of carbonyl (C=O) groups excluding carboxylic acids is 1. The molecule has 0 N–H and O–H groups in total. The van der Waals surface area contributed by atoms with Crippen LogP contribution in [0.3, 0.4) is 0 Å². The lowest BCUT2D eigenvalue weighted by Gasteiger charge is -2.29. The second kappa shape index (κ2) is 11.3. The van der Waals surface area contributed by atoms with E-state index in [9.17, 15) is 88.2 Å². The minimum Gasteiger partial charge on any atom is -0.299 e. The second-order valence-corrected chi connectivity index (χ2v) is 9.36. The molecule has 0 saturated carbocycles. The van der Waals surface area contributed by atoms with E-state index in [0.717, 1.165) is 0 Å². The molecule has 0 amide bonds. The van der Waals surface area contributed by atoms with Crippen molar-refractivity contribution in [2.24, 2.45) is 0 Å². The van der Waals surface area contributed by atoms with E-state index in [1.165, 1.54) is 0 Å². The molecule has 0 aromatic heterocycles. The van der Waals surface area contributed by atoms with Crippen molar-refractivity contribution in [3.63, 3.8) is 0 Å². The fourth-order valence-electron chi connectivity index (χ4n) is 3.41. The van der Waals surface area contributed by atoms with Gasteiger partial charge in [0.1, 0.15) is 5.78 Å². The summed E-state index contributed by atoms with van der Waals surface area (Å²) in [7, 11) is 0. The molecule has 1 nitrogen and oxygen atoms in total. The normalized spacial score (nSPS) is 15.6. The monoisotopic (exact) mass is 624 g/mol. The quantitative estimate of drug-likeness (QED) is 0.157. The number of Topliss-reactive ketones (excluding diaryl/α,β-unsaturated/α-hetero) is 1. The summed E-state index contributed by atoms with van der Waals surface area (Å²) in [4.78, 5) is 11.4. The molecule has 0 spiro atoms. The highest BCUT2D eigenvalue weighted by Gasteiger charge is 2.63. The highest BCUT2D eigenvalue weighted by molar-refractivity contribution is 5.80. The average Bonchev–Trinajstić information content (AvgIpc) is 2.41. The summed E-state index contributed by atoms with van der Waals surface area (Å²) in [6.07, 6.45) is -30.3. The Morgan fingerprint density at radius 2 is 0.667 bits per heavy atom.